The lowest BCUT2D eigenvalue weighted by Crippen LogP contribution is -2.15. The molecule has 16 heavy (non-hydrogen) atoms. The van der Waals surface area contributed by atoms with E-state index in [0.29, 0.717) is 0 Å². The number of hydrogen-bond acceptors (Lipinski definition) is 3. The van der Waals surface area contributed by atoms with E-state index >= 15 is 0 Å². The predicted molar refractivity (Wildman–Crippen MR) is 59.3 cm³/mol. The van der Waals surface area contributed by atoms with Crippen molar-refractivity contribution in [1.82, 2.24) is 4.98 Å². The van der Waals surface area contributed by atoms with Gasteiger partial charge in [-0.3, -0.25) is 10.1 Å². The summed E-state index contributed by atoms with van der Waals surface area (Å²) >= 11 is 1.13. The third-order valence-electron chi connectivity index (χ3n) is 1.57. The molecule has 1 heterocycles. The standard InChI is InChI=1S/C10H8F2N2OS/c1-3-7(12)8(6(2)11)9(15)14-10-13-4-5-16-10/h3-5H,1-2H2,(H,13,14,15)/b8-7-. The van der Waals surface area contributed by atoms with Crippen molar-refractivity contribution < 1.29 is 13.6 Å². The first-order valence-corrected chi connectivity index (χ1v) is 5.02. The molecule has 0 bridgehead atoms. The SMILES string of the molecule is C=C/C(F)=C(\C(=C)F)C(=O)Nc1nccs1. The zero-order valence-electron chi connectivity index (χ0n) is 8.17. The average molecular weight is 242 g/mol. The van der Waals surface area contributed by atoms with Crippen LogP contribution in [0.5, 0.6) is 0 Å². The molecule has 0 aliphatic rings. The molecule has 0 saturated heterocycles. The third-order valence-corrected chi connectivity index (χ3v) is 2.26. The Hall–Kier alpha value is -1.82. The molecular weight excluding hydrogens is 234 g/mol. The number of aromatic nitrogens is 1. The van der Waals surface area contributed by atoms with E-state index in [1.165, 1.54) is 6.20 Å². The van der Waals surface area contributed by atoms with E-state index in [-0.39, 0.29) is 5.13 Å². The van der Waals surface area contributed by atoms with Gasteiger partial charge in [-0.2, -0.15) is 0 Å². The smallest absolute Gasteiger partial charge is 0.263 e. The van der Waals surface area contributed by atoms with Gasteiger partial charge in [-0.25, -0.2) is 13.8 Å². The van der Waals surface area contributed by atoms with Crippen molar-refractivity contribution in [3.8, 4) is 0 Å². The number of allylic oxidation sites excluding steroid dienone is 2. The first-order valence-electron chi connectivity index (χ1n) is 4.14. The van der Waals surface area contributed by atoms with E-state index in [1.54, 1.807) is 5.38 Å². The number of nitrogens with one attached hydrogen (secondary N) is 1. The van der Waals surface area contributed by atoms with E-state index in [2.05, 4.69) is 23.5 Å². The number of halogens is 2. The molecule has 1 aromatic heterocycles. The molecule has 0 fully saturated rings. The minimum atomic E-state index is -1.16. The van der Waals surface area contributed by atoms with E-state index in [0.717, 1.165) is 17.4 Å². The van der Waals surface area contributed by atoms with E-state index in [4.69, 9.17) is 0 Å². The Morgan fingerprint density at radius 3 is 2.69 bits per heavy atom. The zero-order valence-corrected chi connectivity index (χ0v) is 8.98. The van der Waals surface area contributed by atoms with Crippen molar-refractivity contribution in [3.63, 3.8) is 0 Å². The maximum absolute atomic E-state index is 13.1. The van der Waals surface area contributed by atoms with Crippen LogP contribution in [0.3, 0.4) is 0 Å². The quantitative estimate of drug-likeness (QED) is 0.651. The zero-order chi connectivity index (χ0) is 12.1. The van der Waals surface area contributed by atoms with Gasteiger partial charge < -0.3 is 0 Å². The van der Waals surface area contributed by atoms with Crippen LogP contribution in [0.15, 0.2) is 48.0 Å². The van der Waals surface area contributed by atoms with Gasteiger partial charge in [-0.15, -0.1) is 11.3 Å². The summed E-state index contributed by atoms with van der Waals surface area (Å²) in [5.41, 5.74) is -0.773. The van der Waals surface area contributed by atoms with Crippen LogP contribution in [-0.4, -0.2) is 10.9 Å². The third kappa shape index (κ3) is 2.83. The normalized spacial score (nSPS) is 11.6. The van der Waals surface area contributed by atoms with Crippen LogP contribution in [0, 0.1) is 0 Å². The van der Waals surface area contributed by atoms with Crippen molar-refractivity contribution in [2.75, 3.05) is 5.32 Å². The topological polar surface area (TPSA) is 42.0 Å². The lowest BCUT2D eigenvalue weighted by atomic mass is 10.2. The average Bonchev–Trinajstić information content (AvgIpc) is 2.69. The Bertz CT molecular complexity index is 451. The van der Waals surface area contributed by atoms with E-state index in [1.807, 2.05) is 0 Å². The minimum absolute atomic E-state index is 0.251. The van der Waals surface area contributed by atoms with Crippen LogP contribution in [-0.2, 0) is 4.79 Å². The molecule has 6 heteroatoms. The first-order chi connectivity index (χ1) is 7.56. The number of carbonyl (C=O) groups excluding carboxylic acids is 1. The molecule has 0 aliphatic heterocycles. The Balaban J connectivity index is 2.94. The highest BCUT2D eigenvalue weighted by atomic mass is 32.1. The molecule has 1 amide bonds. The molecule has 1 aromatic rings. The Kier molecular flexibility index (Phi) is 4.07. The highest BCUT2D eigenvalue weighted by Gasteiger charge is 2.18. The van der Waals surface area contributed by atoms with Gasteiger partial charge in [0.05, 0.1) is 0 Å². The number of carbonyl (C=O) groups is 1. The van der Waals surface area contributed by atoms with Crippen LogP contribution in [0.4, 0.5) is 13.9 Å². The Morgan fingerprint density at radius 1 is 1.56 bits per heavy atom. The van der Waals surface area contributed by atoms with Crippen molar-refractivity contribution in [1.29, 1.82) is 0 Å². The second-order valence-electron chi connectivity index (χ2n) is 2.62. The molecular formula is C10H8F2N2OS. The summed E-state index contributed by atoms with van der Waals surface area (Å²) in [5.74, 6) is -3.17. The summed E-state index contributed by atoms with van der Waals surface area (Å²) in [5, 5.41) is 4.11. The number of hydrogen-bond donors (Lipinski definition) is 1. The van der Waals surface area contributed by atoms with Gasteiger partial charge in [-0.1, -0.05) is 13.2 Å². The summed E-state index contributed by atoms with van der Waals surface area (Å²) < 4.78 is 26.0. The monoisotopic (exact) mass is 242 g/mol. The van der Waals surface area contributed by atoms with E-state index < -0.39 is 23.1 Å². The summed E-state index contributed by atoms with van der Waals surface area (Å²) in [7, 11) is 0. The highest BCUT2D eigenvalue weighted by molar-refractivity contribution is 7.13. The molecule has 0 atom stereocenters. The first kappa shape index (κ1) is 12.3. The molecule has 0 aromatic carbocycles. The number of thiazole rings is 1. The van der Waals surface area contributed by atoms with Crippen LogP contribution in [0.2, 0.25) is 0 Å². The summed E-state index contributed by atoms with van der Waals surface area (Å²) in [6, 6.07) is 0. The van der Waals surface area contributed by atoms with Gasteiger partial charge in [0.15, 0.2) is 5.13 Å². The molecule has 0 saturated carbocycles. The fourth-order valence-electron chi connectivity index (χ4n) is 0.908. The van der Waals surface area contributed by atoms with Gasteiger partial charge in [0.2, 0.25) is 0 Å². The molecule has 84 valence electrons. The lowest BCUT2D eigenvalue weighted by Gasteiger charge is -2.04. The second-order valence-corrected chi connectivity index (χ2v) is 3.52. The number of amides is 1. The Labute approximate surface area is 94.8 Å². The molecule has 3 nitrogen and oxygen atoms in total. The lowest BCUT2D eigenvalue weighted by molar-refractivity contribution is -0.112. The van der Waals surface area contributed by atoms with Crippen molar-refractivity contribution in [2.24, 2.45) is 0 Å². The summed E-state index contributed by atoms with van der Waals surface area (Å²) in [6.45, 7) is 5.99. The largest absolute Gasteiger partial charge is 0.298 e. The van der Waals surface area contributed by atoms with Crippen LogP contribution < -0.4 is 5.32 Å². The maximum atomic E-state index is 13.1. The number of anilines is 1. The van der Waals surface area contributed by atoms with Gasteiger partial charge >= 0.3 is 0 Å². The molecule has 0 aliphatic carbocycles. The minimum Gasteiger partial charge on any atom is -0.298 e. The van der Waals surface area contributed by atoms with Crippen LogP contribution in [0.25, 0.3) is 0 Å². The molecule has 1 rings (SSSR count). The summed E-state index contributed by atoms with van der Waals surface area (Å²) in [4.78, 5) is 15.2. The van der Waals surface area contributed by atoms with Gasteiger partial charge in [0.25, 0.3) is 5.91 Å². The van der Waals surface area contributed by atoms with Gasteiger partial charge in [0, 0.05) is 11.6 Å². The number of rotatable bonds is 4. The van der Waals surface area contributed by atoms with Crippen LogP contribution in [0.1, 0.15) is 0 Å². The summed E-state index contributed by atoms with van der Waals surface area (Å²) in [6.07, 6.45) is 2.19. The Morgan fingerprint density at radius 2 is 2.25 bits per heavy atom. The second kappa shape index (κ2) is 5.32. The van der Waals surface area contributed by atoms with Gasteiger partial charge in [-0.05, 0) is 6.08 Å². The number of nitrogens with zero attached hydrogens (tertiary/aromatic N) is 1. The molecule has 0 radical (unpaired) electrons. The van der Waals surface area contributed by atoms with E-state index in [9.17, 15) is 13.6 Å². The van der Waals surface area contributed by atoms with Crippen molar-refractivity contribution >= 4 is 22.4 Å². The van der Waals surface area contributed by atoms with Crippen LogP contribution >= 0.6 is 11.3 Å². The molecule has 0 unspecified atom stereocenters. The maximum Gasteiger partial charge on any atom is 0.263 e. The fourth-order valence-corrected chi connectivity index (χ4v) is 1.43. The predicted octanol–water partition coefficient (Wildman–Crippen LogP) is 2.97. The fraction of sp³-hybridized carbons (Fsp3) is 0. The van der Waals surface area contributed by atoms with Gasteiger partial charge in [0.1, 0.15) is 17.2 Å². The highest BCUT2D eigenvalue weighted by Crippen LogP contribution is 2.20. The van der Waals surface area contributed by atoms with Crippen molar-refractivity contribution in [3.05, 3.63) is 48.0 Å². The molecule has 1 N–H and O–H groups in total. The van der Waals surface area contributed by atoms with Crippen molar-refractivity contribution in [2.45, 2.75) is 0 Å². The molecule has 0 spiro atoms.